The van der Waals surface area contributed by atoms with Gasteiger partial charge in [0.15, 0.2) is 6.61 Å². The van der Waals surface area contributed by atoms with Gasteiger partial charge in [0, 0.05) is 17.9 Å². The van der Waals surface area contributed by atoms with Crippen LogP contribution in [-0.4, -0.2) is 36.2 Å². The number of rotatable bonds is 4. The van der Waals surface area contributed by atoms with E-state index in [0.29, 0.717) is 12.2 Å². The fourth-order valence-electron chi connectivity index (χ4n) is 2.62. The highest BCUT2D eigenvalue weighted by molar-refractivity contribution is 7.21. The summed E-state index contributed by atoms with van der Waals surface area (Å²) < 4.78 is 17.6. The average molecular weight is 363 g/mol. The number of thiophene rings is 1. The third-order valence-electron chi connectivity index (χ3n) is 3.67. The molecule has 3 heterocycles. The summed E-state index contributed by atoms with van der Waals surface area (Å²) in [6.07, 6.45) is -0.417. The Balaban J connectivity index is 1.54. The second-order valence-electron chi connectivity index (χ2n) is 5.34. The molecule has 0 saturated carbocycles. The molecule has 0 bridgehead atoms. The second-order valence-corrected chi connectivity index (χ2v) is 7.49. The third-order valence-corrected chi connectivity index (χ3v) is 5.51. The topological polar surface area (TPSA) is 74.7 Å². The molecule has 1 fully saturated rings. The fourth-order valence-corrected chi connectivity index (χ4v) is 4.45. The van der Waals surface area contributed by atoms with E-state index < -0.39 is 18.0 Å². The van der Waals surface area contributed by atoms with Crippen LogP contribution in [0.3, 0.4) is 0 Å². The maximum Gasteiger partial charge on any atom is 0.347 e. The first-order chi connectivity index (χ1) is 11.6. The molecule has 0 N–H and O–H groups in total. The van der Waals surface area contributed by atoms with Gasteiger partial charge in [0.05, 0.1) is 26.5 Å². The summed E-state index contributed by atoms with van der Waals surface area (Å²) >= 11 is 3.18. The highest BCUT2D eigenvalue weighted by Crippen LogP contribution is 2.38. The molecule has 1 aliphatic rings. The van der Waals surface area contributed by atoms with E-state index in [9.17, 15) is 9.59 Å². The van der Waals surface area contributed by atoms with Gasteiger partial charge in [-0.15, -0.1) is 22.7 Å². The molecule has 1 unspecified atom stereocenters. The number of ether oxygens (including phenoxy) is 3. The number of aromatic nitrogens is 1. The normalized spacial score (nSPS) is 17.4. The number of benzene rings is 1. The van der Waals surface area contributed by atoms with Crippen LogP contribution in [0.15, 0.2) is 17.5 Å². The van der Waals surface area contributed by atoms with Crippen LogP contribution < -0.4 is 4.74 Å². The van der Waals surface area contributed by atoms with Gasteiger partial charge in [-0.05, 0) is 18.4 Å². The van der Waals surface area contributed by atoms with Crippen molar-refractivity contribution in [1.82, 2.24) is 4.98 Å². The molecular formula is C16H13NO5S2. The van der Waals surface area contributed by atoms with E-state index >= 15 is 0 Å². The third kappa shape index (κ3) is 2.71. The van der Waals surface area contributed by atoms with Gasteiger partial charge >= 0.3 is 11.9 Å². The maximum absolute atomic E-state index is 11.9. The van der Waals surface area contributed by atoms with Crippen LogP contribution in [0.4, 0.5) is 0 Å². The lowest BCUT2D eigenvalue weighted by Gasteiger charge is -2.10. The van der Waals surface area contributed by atoms with Crippen LogP contribution in [0.2, 0.25) is 0 Å². The van der Waals surface area contributed by atoms with E-state index in [1.54, 1.807) is 22.7 Å². The Morgan fingerprint density at radius 3 is 3.17 bits per heavy atom. The van der Waals surface area contributed by atoms with E-state index in [2.05, 4.69) is 4.98 Å². The van der Waals surface area contributed by atoms with Crippen LogP contribution in [0, 0.1) is 6.92 Å². The Bertz CT molecular complexity index is 945. The minimum absolute atomic E-state index is 0.252. The van der Waals surface area contributed by atoms with Crippen LogP contribution in [0.1, 0.15) is 11.4 Å². The zero-order valence-corrected chi connectivity index (χ0v) is 14.4. The predicted molar refractivity (Wildman–Crippen MR) is 90.7 cm³/mol. The molecule has 1 aromatic carbocycles. The number of hydrogen-bond acceptors (Lipinski definition) is 8. The molecule has 24 heavy (non-hydrogen) atoms. The number of carbonyl (C=O) groups is 2. The highest BCUT2D eigenvalue weighted by Gasteiger charge is 2.30. The number of esters is 2. The fraction of sp³-hybridized carbons (Fsp3) is 0.312. The largest absolute Gasteiger partial charge is 0.481 e. The number of hydrogen-bond donors (Lipinski definition) is 0. The van der Waals surface area contributed by atoms with Gasteiger partial charge in [0.1, 0.15) is 5.75 Å². The monoisotopic (exact) mass is 363 g/mol. The Labute approximate surface area is 145 Å². The smallest absolute Gasteiger partial charge is 0.347 e. The van der Waals surface area contributed by atoms with Crippen molar-refractivity contribution >= 4 is 54.9 Å². The van der Waals surface area contributed by atoms with Crippen molar-refractivity contribution < 1.29 is 23.8 Å². The molecule has 3 aromatic rings. The molecule has 1 atom stereocenters. The van der Waals surface area contributed by atoms with E-state index in [1.807, 2.05) is 24.4 Å². The summed E-state index contributed by atoms with van der Waals surface area (Å²) in [5.74, 6) is -0.457. The molecule has 0 spiro atoms. The molecule has 0 aliphatic carbocycles. The summed E-state index contributed by atoms with van der Waals surface area (Å²) in [5.41, 5.74) is 0.964. The van der Waals surface area contributed by atoms with Gasteiger partial charge < -0.3 is 14.2 Å². The molecular weight excluding hydrogens is 350 g/mol. The van der Waals surface area contributed by atoms with Crippen LogP contribution in [0.25, 0.3) is 20.3 Å². The molecule has 4 rings (SSSR count). The van der Waals surface area contributed by atoms with Crippen LogP contribution >= 0.6 is 22.7 Å². The number of nitrogens with zero attached hydrogens (tertiary/aromatic N) is 1. The quantitative estimate of drug-likeness (QED) is 0.663. The van der Waals surface area contributed by atoms with Gasteiger partial charge in [-0.1, -0.05) is 0 Å². The molecule has 6 nitrogen and oxygen atoms in total. The van der Waals surface area contributed by atoms with Crippen molar-refractivity contribution in [3.05, 3.63) is 22.5 Å². The number of fused-ring (bicyclic) bond motifs is 3. The van der Waals surface area contributed by atoms with Gasteiger partial charge in [-0.2, -0.15) is 0 Å². The Morgan fingerprint density at radius 2 is 2.38 bits per heavy atom. The highest BCUT2D eigenvalue weighted by atomic mass is 32.1. The number of aryl methyl sites for hydroxylation is 1. The summed E-state index contributed by atoms with van der Waals surface area (Å²) in [4.78, 5) is 27.8. The minimum atomic E-state index is -0.811. The zero-order chi connectivity index (χ0) is 16.7. The molecule has 2 aromatic heterocycles. The lowest BCUT2D eigenvalue weighted by molar-refractivity contribution is -0.161. The standard InChI is InChI=1S/C16H13NO5S2/c1-8-17-14-12(24-8)6-11(9-3-5-23-15(9)14)21-7-13(18)22-10-2-4-20-16(10)19/h3,5-6,10H,2,4,7H2,1H3. The van der Waals surface area contributed by atoms with E-state index in [-0.39, 0.29) is 13.2 Å². The first-order valence-corrected chi connectivity index (χ1v) is 9.07. The summed E-state index contributed by atoms with van der Waals surface area (Å²) in [7, 11) is 0. The van der Waals surface area contributed by atoms with E-state index in [1.165, 1.54) is 0 Å². The Morgan fingerprint density at radius 1 is 1.50 bits per heavy atom. The summed E-state index contributed by atoms with van der Waals surface area (Å²) in [5, 5.41) is 3.88. The lowest BCUT2D eigenvalue weighted by Crippen LogP contribution is -2.26. The summed E-state index contributed by atoms with van der Waals surface area (Å²) in [6, 6.07) is 3.84. The number of carbonyl (C=O) groups excluding carboxylic acids is 2. The minimum Gasteiger partial charge on any atom is -0.481 e. The average Bonchev–Trinajstić information content (AvgIpc) is 3.24. The van der Waals surface area contributed by atoms with E-state index in [4.69, 9.17) is 14.2 Å². The SMILES string of the molecule is Cc1nc2c(cc(OCC(=O)OC3CCOC3=O)c3ccsc32)s1. The van der Waals surface area contributed by atoms with Gasteiger partial charge in [-0.3, -0.25) is 0 Å². The van der Waals surface area contributed by atoms with Gasteiger partial charge in [-0.25, -0.2) is 14.6 Å². The van der Waals surface area contributed by atoms with Crippen molar-refractivity contribution in [2.45, 2.75) is 19.4 Å². The lowest BCUT2D eigenvalue weighted by atomic mass is 10.2. The van der Waals surface area contributed by atoms with Crippen molar-refractivity contribution in [3.63, 3.8) is 0 Å². The van der Waals surface area contributed by atoms with Crippen molar-refractivity contribution in [3.8, 4) is 5.75 Å². The second kappa shape index (κ2) is 6.03. The van der Waals surface area contributed by atoms with Gasteiger partial charge in [0.25, 0.3) is 0 Å². The number of cyclic esters (lactones) is 1. The predicted octanol–water partition coefficient (Wildman–Crippen LogP) is 3.06. The first-order valence-electron chi connectivity index (χ1n) is 7.38. The van der Waals surface area contributed by atoms with Gasteiger partial charge in [0.2, 0.25) is 6.10 Å². The maximum atomic E-state index is 11.9. The summed E-state index contributed by atoms with van der Waals surface area (Å²) in [6.45, 7) is 2.00. The molecule has 124 valence electrons. The molecule has 1 saturated heterocycles. The van der Waals surface area contributed by atoms with E-state index in [0.717, 1.165) is 25.3 Å². The molecule has 0 radical (unpaired) electrons. The molecule has 1 aliphatic heterocycles. The molecule has 0 amide bonds. The van der Waals surface area contributed by atoms with Crippen LogP contribution in [0.5, 0.6) is 5.75 Å². The molecule has 8 heteroatoms. The Kier molecular flexibility index (Phi) is 3.85. The Hall–Kier alpha value is -2.19. The van der Waals surface area contributed by atoms with Crippen molar-refractivity contribution in [2.24, 2.45) is 0 Å². The van der Waals surface area contributed by atoms with Crippen LogP contribution in [-0.2, 0) is 19.1 Å². The zero-order valence-electron chi connectivity index (χ0n) is 12.7. The van der Waals surface area contributed by atoms with Crippen molar-refractivity contribution in [1.29, 1.82) is 0 Å². The number of thiazole rings is 1. The van der Waals surface area contributed by atoms with Crippen molar-refractivity contribution in [2.75, 3.05) is 13.2 Å². The first kappa shape index (κ1) is 15.3.